The molecule has 3 rings (SSSR count). The zero-order chi connectivity index (χ0) is 30.8. The topological polar surface area (TPSA) is 129 Å². The van der Waals surface area contributed by atoms with Gasteiger partial charge in [0.25, 0.3) is 0 Å². The van der Waals surface area contributed by atoms with Crippen LogP contribution in [0.1, 0.15) is 43.6 Å². The van der Waals surface area contributed by atoms with E-state index in [2.05, 4.69) is 30.8 Å². The summed E-state index contributed by atoms with van der Waals surface area (Å²) in [7, 11) is -4.11. The predicted molar refractivity (Wildman–Crippen MR) is 171 cm³/mol. The molecule has 0 aliphatic carbocycles. The van der Waals surface area contributed by atoms with E-state index in [0.29, 0.717) is 23.7 Å². The van der Waals surface area contributed by atoms with Gasteiger partial charge in [0.2, 0.25) is 15.9 Å². The van der Waals surface area contributed by atoms with Gasteiger partial charge < -0.3 is 25.0 Å². The van der Waals surface area contributed by atoms with Gasteiger partial charge in [0.1, 0.15) is 18.1 Å². The number of methoxy groups -OCH3 is 1. The van der Waals surface area contributed by atoms with Crippen LogP contribution in [0.2, 0.25) is 18.1 Å². The summed E-state index contributed by atoms with van der Waals surface area (Å²) in [6, 6.07) is 23.5. The number of rotatable bonds is 17. The molecule has 9 nitrogen and oxygen atoms in total. The highest BCUT2D eigenvalue weighted by atomic mass is 32.2. The summed E-state index contributed by atoms with van der Waals surface area (Å²) in [5.41, 5.74) is 9.09. The van der Waals surface area contributed by atoms with E-state index in [-0.39, 0.29) is 13.0 Å². The number of nitrogens with two attached hydrogens (primary N) is 1. The van der Waals surface area contributed by atoms with Gasteiger partial charge in [0, 0.05) is 12.2 Å². The molecule has 0 bridgehead atoms. The van der Waals surface area contributed by atoms with E-state index >= 15 is 0 Å². The minimum atomic E-state index is -3.59. The second-order valence-electron chi connectivity index (χ2n) is 10.3. The standard InChI is InChI=1S/C31H43N3O6SSi/c1-6-42(7-2,8-3)40-30(21-33-27-16-15-26(38-4)18-25(27)20-31(32)35)24-14-17-29(28(19-24)34-41(5,36)37)39-22-23-12-10-9-11-13-23/h9-19,30,33-34H,6-8,20-22H2,1-5H3,(H2,32,35)/t30-/m0/s1. The van der Waals surface area contributed by atoms with E-state index in [1.807, 2.05) is 48.5 Å². The number of primary amides is 1. The van der Waals surface area contributed by atoms with Crippen molar-refractivity contribution in [2.75, 3.05) is 29.9 Å². The first kappa shape index (κ1) is 33.0. The molecule has 0 radical (unpaired) electrons. The van der Waals surface area contributed by atoms with Gasteiger partial charge in [0.05, 0.1) is 31.6 Å². The molecule has 0 heterocycles. The first-order chi connectivity index (χ1) is 20.0. The number of carbonyl (C=O) groups excluding carboxylic acids is 1. The van der Waals surface area contributed by atoms with Crippen LogP contribution in [0, 0.1) is 0 Å². The molecule has 11 heteroatoms. The fourth-order valence-corrected chi connectivity index (χ4v) is 8.21. The van der Waals surface area contributed by atoms with Crippen LogP contribution in [0.5, 0.6) is 11.5 Å². The third kappa shape index (κ3) is 9.50. The molecule has 0 aromatic heterocycles. The number of nitrogens with one attached hydrogen (secondary N) is 2. The third-order valence-electron chi connectivity index (χ3n) is 7.39. The van der Waals surface area contributed by atoms with Crippen LogP contribution in [0.15, 0.2) is 66.7 Å². The molecular formula is C31H43N3O6SSi. The number of hydrogen-bond donors (Lipinski definition) is 3. The highest BCUT2D eigenvalue weighted by Crippen LogP contribution is 2.35. The Morgan fingerprint density at radius 2 is 1.64 bits per heavy atom. The number of anilines is 2. The Labute approximate surface area is 250 Å². The lowest BCUT2D eigenvalue weighted by atomic mass is 10.1. The lowest BCUT2D eigenvalue weighted by Gasteiger charge is -2.34. The van der Waals surface area contributed by atoms with Crippen LogP contribution >= 0.6 is 0 Å². The summed E-state index contributed by atoms with van der Waals surface area (Å²) < 4.78 is 45.6. The maximum atomic E-state index is 12.3. The summed E-state index contributed by atoms with van der Waals surface area (Å²) in [4.78, 5) is 11.8. The van der Waals surface area contributed by atoms with E-state index < -0.39 is 30.4 Å². The van der Waals surface area contributed by atoms with Crippen LogP contribution in [0.4, 0.5) is 11.4 Å². The second kappa shape index (κ2) is 15.1. The second-order valence-corrected chi connectivity index (χ2v) is 16.8. The van der Waals surface area contributed by atoms with Crippen molar-refractivity contribution in [2.45, 2.75) is 58.0 Å². The molecule has 0 aliphatic rings. The number of carbonyl (C=O) groups is 1. The number of amides is 1. The zero-order valence-corrected chi connectivity index (χ0v) is 26.9. The molecule has 0 unspecified atom stereocenters. The van der Waals surface area contributed by atoms with Crippen LogP contribution in [-0.4, -0.2) is 42.6 Å². The van der Waals surface area contributed by atoms with Crippen molar-refractivity contribution in [1.82, 2.24) is 0 Å². The molecule has 0 fully saturated rings. The molecule has 3 aromatic carbocycles. The van der Waals surface area contributed by atoms with Crippen molar-refractivity contribution < 1.29 is 27.1 Å². The van der Waals surface area contributed by atoms with E-state index in [4.69, 9.17) is 19.6 Å². The van der Waals surface area contributed by atoms with E-state index in [1.54, 1.807) is 25.3 Å². The highest BCUT2D eigenvalue weighted by Gasteiger charge is 2.33. The van der Waals surface area contributed by atoms with Gasteiger partial charge in [-0.1, -0.05) is 57.2 Å². The summed E-state index contributed by atoms with van der Waals surface area (Å²) in [5, 5.41) is 3.46. The van der Waals surface area contributed by atoms with Gasteiger partial charge in [-0.25, -0.2) is 8.42 Å². The molecule has 3 aromatic rings. The molecule has 0 spiro atoms. The molecule has 42 heavy (non-hydrogen) atoms. The summed E-state index contributed by atoms with van der Waals surface area (Å²) >= 11 is 0. The van der Waals surface area contributed by atoms with Crippen molar-refractivity contribution in [3.63, 3.8) is 0 Å². The minimum Gasteiger partial charge on any atom is -0.497 e. The monoisotopic (exact) mass is 613 g/mol. The molecule has 0 aliphatic heterocycles. The molecule has 4 N–H and O–H groups in total. The van der Waals surface area contributed by atoms with Crippen molar-refractivity contribution in [3.8, 4) is 11.5 Å². The summed E-state index contributed by atoms with van der Waals surface area (Å²) in [5.74, 6) is 0.598. The van der Waals surface area contributed by atoms with Crippen molar-refractivity contribution >= 4 is 35.6 Å². The fourth-order valence-electron chi connectivity index (χ4n) is 4.82. The fraction of sp³-hybridized carbons (Fsp3) is 0.387. The Kier molecular flexibility index (Phi) is 11.8. The number of ether oxygens (including phenoxy) is 2. The Balaban J connectivity index is 1.99. The molecule has 1 atom stereocenters. The van der Waals surface area contributed by atoms with Crippen molar-refractivity contribution in [2.24, 2.45) is 5.73 Å². The molecule has 1 amide bonds. The maximum Gasteiger partial charge on any atom is 0.229 e. The van der Waals surface area contributed by atoms with Crippen LogP contribution in [-0.2, 0) is 32.3 Å². The normalized spacial score (nSPS) is 12.4. The summed E-state index contributed by atoms with van der Waals surface area (Å²) in [6.07, 6.45) is 0.769. The molecule has 0 saturated carbocycles. The Morgan fingerprint density at radius 1 is 0.952 bits per heavy atom. The minimum absolute atomic E-state index is 0.0541. The van der Waals surface area contributed by atoms with Gasteiger partial charge in [-0.3, -0.25) is 9.52 Å². The average molecular weight is 614 g/mol. The molecular weight excluding hydrogens is 571 g/mol. The van der Waals surface area contributed by atoms with Crippen LogP contribution < -0.4 is 25.2 Å². The third-order valence-corrected chi connectivity index (χ3v) is 12.6. The molecule has 0 saturated heterocycles. The highest BCUT2D eigenvalue weighted by molar-refractivity contribution is 7.92. The Hall–Kier alpha value is -3.54. The van der Waals surface area contributed by atoms with Gasteiger partial charge in [-0.2, -0.15) is 0 Å². The Morgan fingerprint density at radius 3 is 2.24 bits per heavy atom. The number of sulfonamides is 1. The predicted octanol–water partition coefficient (Wildman–Crippen LogP) is 5.85. The van der Waals surface area contributed by atoms with Gasteiger partial charge in [-0.05, 0) is 65.2 Å². The molecule has 228 valence electrons. The van der Waals surface area contributed by atoms with Gasteiger partial charge in [0.15, 0.2) is 8.32 Å². The smallest absolute Gasteiger partial charge is 0.229 e. The van der Waals surface area contributed by atoms with Crippen molar-refractivity contribution in [3.05, 3.63) is 83.4 Å². The summed E-state index contributed by atoms with van der Waals surface area (Å²) in [6.45, 7) is 7.16. The first-order valence-electron chi connectivity index (χ1n) is 14.2. The van der Waals surface area contributed by atoms with Gasteiger partial charge >= 0.3 is 0 Å². The first-order valence-corrected chi connectivity index (χ1v) is 18.6. The Bertz CT molecular complexity index is 1420. The lowest BCUT2D eigenvalue weighted by Crippen LogP contribution is -2.39. The van der Waals surface area contributed by atoms with E-state index in [9.17, 15) is 13.2 Å². The maximum absolute atomic E-state index is 12.3. The van der Waals surface area contributed by atoms with Crippen LogP contribution in [0.3, 0.4) is 0 Å². The lowest BCUT2D eigenvalue weighted by molar-refractivity contribution is -0.117. The quantitative estimate of drug-likeness (QED) is 0.163. The largest absolute Gasteiger partial charge is 0.497 e. The number of benzene rings is 3. The SMILES string of the molecule is CC[Si](CC)(CC)O[C@@H](CNc1ccc(OC)cc1CC(N)=O)c1ccc(OCc2ccccc2)c(NS(C)(=O)=O)c1. The van der Waals surface area contributed by atoms with E-state index in [1.165, 1.54) is 0 Å². The zero-order valence-electron chi connectivity index (χ0n) is 25.1. The van der Waals surface area contributed by atoms with Crippen LogP contribution in [0.25, 0.3) is 0 Å². The average Bonchev–Trinajstić information content (AvgIpc) is 2.97. The number of hydrogen-bond acceptors (Lipinski definition) is 7. The van der Waals surface area contributed by atoms with Gasteiger partial charge in [-0.15, -0.1) is 0 Å². The van der Waals surface area contributed by atoms with Crippen molar-refractivity contribution in [1.29, 1.82) is 0 Å². The van der Waals surface area contributed by atoms with E-state index in [0.717, 1.165) is 46.8 Å².